The Morgan fingerprint density at radius 3 is 2.00 bits per heavy atom. The molecule has 0 aliphatic rings. The minimum atomic E-state index is 0.886. The molecule has 0 aliphatic heterocycles. The lowest BCUT2D eigenvalue weighted by Gasteiger charge is -2.04. The molecule has 0 atom stereocenters. The first kappa shape index (κ1) is 8.93. The van der Waals surface area contributed by atoms with Gasteiger partial charge >= 0.3 is 0 Å². The zero-order valence-corrected chi connectivity index (χ0v) is 6.15. The summed E-state index contributed by atoms with van der Waals surface area (Å²) in [5, 5.41) is 0. The van der Waals surface area contributed by atoms with E-state index in [9.17, 15) is 0 Å². The van der Waals surface area contributed by atoms with Gasteiger partial charge in [0.25, 0.3) is 0 Å². The van der Waals surface area contributed by atoms with Crippen molar-refractivity contribution in [2.24, 2.45) is 0 Å². The minimum Gasteiger partial charge on any atom is -0.130 e. The van der Waals surface area contributed by atoms with Crippen LogP contribution in [0.3, 0.4) is 0 Å². The summed E-state index contributed by atoms with van der Waals surface area (Å²) >= 11 is 0. The monoisotopic (exact) mass is 115 g/mol. The minimum absolute atomic E-state index is 0.886. The molecule has 0 aromatic rings. The molecule has 5 radical (unpaired) electrons. The van der Waals surface area contributed by atoms with E-state index in [1.165, 1.54) is 0 Å². The van der Waals surface area contributed by atoms with Crippen molar-refractivity contribution in [3.63, 3.8) is 0 Å². The summed E-state index contributed by atoms with van der Waals surface area (Å²) in [6, 6.07) is 0. The molecular formula is C6H10B3. The van der Waals surface area contributed by atoms with Crippen LogP contribution in [0.25, 0.3) is 0 Å². The fourth-order valence-corrected chi connectivity index (χ4v) is 0.679. The highest BCUT2D eigenvalue weighted by atomic mass is 13.8. The van der Waals surface area contributed by atoms with E-state index >= 15 is 0 Å². The third-order valence-corrected chi connectivity index (χ3v) is 1.38. The summed E-state index contributed by atoms with van der Waals surface area (Å²) < 4.78 is 0. The van der Waals surface area contributed by atoms with Crippen LogP contribution in [0.5, 0.6) is 0 Å². The van der Waals surface area contributed by atoms with Crippen molar-refractivity contribution < 1.29 is 0 Å². The molecule has 0 saturated heterocycles. The van der Waals surface area contributed by atoms with Gasteiger partial charge in [-0.05, 0) is 12.8 Å². The van der Waals surface area contributed by atoms with Crippen molar-refractivity contribution in [1.29, 1.82) is 0 Å². The predicted molar refractivity (Wildman–Crippen MR) is 44.9 cm³/mol. The largest absolute Gasteiger partial charge is 0.130 e. The fourth-order valence-electron chi connectivity index (χ4n) is 0.679. The van der Waals surface area contributed by atoms with Gasteiger partial charge in [-0.25, -0.2) is 0 Å². The smallest absolute Gasteiger partial charge is 0.106 e. The molecule has 0 spiro atoms. The van der Waals surface area contributed by atoms with Crippen LogP contribution in [0.15, 0.2) is 10.9 Å². The molecule has 0 aromatic heterocycles. The van der Waals surface area contributed by atoms with E-state index in [0.29, 0.717) is 0 Å². The van der Waals surface area contributed by atoms with Crippen molar-refractivity contribution in [3.05, 3.63) is 10.9 Å². The first-order chi connectivity index (χ1) is 4.26. The van der Waals surface area contributed by atoms with Crippen LogP contribution in [0.4, 0.5) is 0 Å². The predicted octanol–water partition coefficient (Wildman–Crippen LogP) is 0.974. The van der Waals surface area contributed by atoms with Crippen LogP contribution in [-0.2, 0) is 0 Å². The highest BCUT2D eigenvalue weighted by Gasteiger charge is 1.93. The van der Waals surface area contributed by atoms with Gasteiger partial charge in [-0.15, -0.1) is 10.9 Å². The number of hydrogen-bond acceptors (Lipinski definition) is 0. The molecule has 0 heterocycles. The lowest BCUT2D eigenvalue weighted by Crippen LogP contribution is -1.99. The van der Waals surface area contributed by atoms with Crippen LogP contribution in [0.1, 0.15) is 26.7 Å². The van der Waals surface area contributed by atoms with Crippen LogP contribution in [-0.4, -0.2) is 22.8 Å². The molecule has 0 bridgehead atoms. The van der Waals surface area contributed by atoms with E-state index in [4.69, 9.17) is 15.6 Å². The maximum absolute atomic E-state index is 5.61. The van der Waals surface area contributed by atoms with Crippen molar-refractivity contribution >= 4 is 22.8 Å². The van der Waals surface area contributed by atoms with E-state index in [1.807, 2.05) is 13.8 Å². The molecule has 0 saturated carbocycles. The summed E-state index contributed by atoms with van der Waals surface area (Å²) in [6.07, 6.45) is 1.81. The summed E-state index contributed by atoms with van der Waals surface area (Å²) in [6.45, 7) is 4.07. The average Bonchev–Trinajstić information content (AvgIpc) is 1.90. The summed E-state index contributed by atoms with van der Waals surface area (Å²) in [4.78, 5) is 0. The van der Waals surface area contributed by atoms with Crippen LogP contribution in [0.2, 0.25) is 0 Å². The molecule has 0 unspecified atom stereocenters. The molecule has 0 fully saturated rings. The average molecular weight is 115 g/mol. The quantitative estimate of drug-likeness (QED) is 0.480. The van der Waals surface area contributed by atoms with Crippen molar-refractivity contribution in [3.8, 4) is 0 Å². The van der Waals surface area contributed by atoms with E-state index in [0.717, 1.165) is 23.8 Å². The van der Waals surface area contributed by atoms with E-state index in [-0.39, 0.29) is 0 Å². The van der Waals surface area contributed by atoms with Crippen LogP contribution >= 0.6 is 0 Å². The number of hydrogen-bond donors (Lipinski definition) is 0. The van der Waals surface area contributed by atoms with Gasteiger partial charge in [-0.1, -0.05) is 13.8 Å². The maximum Gasteiger partial charge on any atom is 0.106 e. The Hall–Kier alpha value is -0.0652. The molecule has 9 heavy (non-hydrogen) atoms. The van der Waals surface area contributed by atoms with Gasteiger partial charge in [0.2, 0.25) is 0 Å². The summed E-state index contributed by atoms with van der Waals surface area (Å²) in [5.74, 6) is 0. The topological polar surface area (TPSA) is 0 Å². The first-order valence-electron chi connectivity index (χ1n) is 3.28. The van der Waals surface area contributed by atoms with Crippen LogP contribution in [0, 0.1) is 0 Å². The van der Waals surface area contributed by atoms with Crippen LogP contribution < -0.4 is 0 Å². The van der Waals surface area contributed by atoms with Crippen molar-refractivity contribution in [2.45, 2.75) is 26.7 Å². The Balaban J connectivity index is 4.01. The zero-order valence-electron chi connectivity index (χ0n) is 6.15. The van der Waals surface area contributed by atoms with Crippen molar-refractivity contribution in [2.75, 3.05) is 0 Å². The number of allylic oxidation sites excluding steroid dienone is 2. The molecule has 0 N–H and O–H groups in total. The van der Waals surface area contributed by atoms with E-state index in [2.05, 4.69) is 0 Å². The zero-order chi connectivity index (χ0) is 7.28. The third kappa shape index (κ3) is 2.83. The number of rotatable bonds is 3. The van der Waals surface area contributed by atoms with Gasteiger partial charge in [0.15, 0.2) is 0 Å². The van der Waals surface area contributed by atoms with Gasteiger partial charge < -0.3 is 0 Å². The van der Waals surface area contributed by atoms with Gasteiger partial charge in [-0.3, -0.25) is 0 Å². The second-order valence-corrected chi connectivity index (χ2v) is 1.92. The standard InChI is InChI=1S/C6H10B3/c1-3-5(7)6(4-2)9-8/h3-4H2,1-2H3/b6-5-. The second-order valence-electron chi connectivity index (χ2n) is 1.92. The molecule has 0 amide bonds. The Morgan fingerprint density at radius 1 is 1.33 bits per heavy atom. The Bertz CT molecular complexity index is 101. The Morgan fingerprint density at radius 2 is 1.89 bits per heavy atom. The van der Waals surface area contributed by atoms with Crippen molar-refractivity contribution in [1.82, 2.24) is 0 Å². The molecule has 0 aromatic carbocycles. The van der Waals surface area contributed by atoms with Gasteiger partial charge in [0.1, 0.15) is 7.85 Å². The third-order valence-electron chi connectivity index (χ3n) is 1.38. The van der Waals surface area contributed by atoms with Gasteiger partial charge in [-0.2, -0.15) is 0 Å². The molecule has 0 nitrogen and oxygen atoms in total. The van der Waals surface area contributed by atoms with E-state index in [1.54, 1.807) is 7.17 Å². The summed E-state index contributed by atoms with van der Waals surface area (Å²) in [7, 11) is 12.5. The lowest BCUT2D eigenvalue weighted by atomic mass is 9.47. The molecular weight excluding hydrogens is 105 g/mol. The highest BCUT2D eigenvalue weighted by molar-refractivity contribution is 6.94. The molecule has 0 rings (SSSR count). The second kappa shape index (κ2) is 4.78. The molecule has 3 heteroatoms. The molecule has 43 valence electrons. The normalized spacial score (nSPS) is 12.7. The first-order valence-corrected chi connectivity index (χ1v) is 3.28. The van der Waals surface area contributed by atoms with E-state index < -0.39 is 0 Å². The highest BCUT2D eigenvalue weighted by Crippen LogP contribution is 2.05. The fraction of sp³-hybridized carbons (Fsp3) is 0.667. The lowest BCUT2D eigenvalue weighted by molar-refractivity contribution is 1.11. The molecule has 0 aliphatic carbocycles. The Labute approximate surface area is 61.1 Å². The maximum atomic E-state index is 5.61. The Kier molecular flexibility index (Phi) is 4.75. The summed E-state index contributed by atoms with van der Waals surface area (Å²) in [5.41, 5.74) is 1.97. The van der Waals surface area contributed by atoms with Gasteiger partial charge in [0.05, 0.1) is 7.17 Å². The SMILES string of the molecule is [B][B]/C(CC)=C(\[B])CC. The van der Waals surface area contributed by atoms with Gasteiger partial charge in [0, 0.05) is 7.74 Å².